The molecule has 83 heavy (non-hydrogen) atoms. The Morgan fingerprint density at radius 1 is 0.687 bits per heavy atom. The molecule has 5 fully saturated rings. The van der Waals surface area contributed by atoms with Crippen LogP contribution >= 0.6 is 0 Å². The second-order valence-corrected chi connectivity index (χ2v) is 23.1. The molecule has 1 aliphatic carbocycles. The minimum atomic E-state index is -1.96. The van der Waals surface area contributed by atoms with Crippen molar-refractivity contribution in [2.45, 2.75) is 255 Å². The van der Waals surface area contributed by atoms with Gasteiger partial charge >= 0.3 is 11.9 Å². The molecule has 5 aliphatic heterocycles. The zero-order chi connectivity index (χ0) is 60.8. The van der Waals surface area contributed by atoms with Gasteiger partial charge in [-0.15, -0.1) is 0 Å². The number of ether oxygens (including phenoxy) is 14. The monoisotopic (exact) mass is 1180 g/mol. The van der Waals surface area contributed by atoms with Crippen LogP contribution in [0.25, 0.3) is 10.8 Å². The van der Waals surface area contributed by atoms with Gasteiger partial charge in [-0.3, -0.25) is 19.2 Å². The number of methoxy groups -OCH3 is 2. The molecule has 2 aromatic carbocycles. The van der Waals surface area contributed by atoms with Crippen molar-refractivity contribution in [2.75, 3.05) is 14.2 Å². The molecule has 8 unspecified atom stereocenters. The third kappa shape index (κ3) is 13.9. The van der Waals surface area contributed by atoms with E-state index in [-0.39, 0.29) is 71.7 Å². The fraction of sp³-hybridized carbons (Fsp3) is 0.754. The van der Waals surface area contributed by atoms with Gasteiger partial charge in [-0.05, 0) is 84.9 Å². The summed E-state index contributed by atoms with van der Waals surface area (Å²) in [6.45, 7) is 14.8. The molecule has 0 amide bonds. The quantitative estimate of drug-likeness (QED) is 0.0982. The van der Waals surface area contributed by atoms with Crippen LogP contribution in [0.2, 0.25) is 0 Å². The van der Waals surface area contributed by atoms with Gasteiger partial charge in [0.2, 0.25) is 6.29 Å². The maximum Gasteiger partial charge on any atom is 0.303 e. The number of esters is 2. The summed E-state index contributed by atoms with van der Waals surface area (Å²) in [5, 5.41) is 90.1. The molecular weight excluding hydrogens is 1100 g/mol. The number of aromatic hydroxyl groups is 2. The van der Waals surface area contributed by atoms with E-state index in [0.717, 1.165) is 0 Å². The number of aliphatic hydroxyl groups excluding tert-OH is 5. The van der Waals surface area contributed by atoms with Gasteiger partial charge in [-0.25, -0.2) is 0 Å². The molecule has 2 aromatic rings. The molecule has 0 spiro atoms. The van der Waals surface area contributed by atoms with E-state index in [4.69, 9.17) is 66.3 Å². The van der Waals surface area contributed by atoms with Gasteiger partial charge in [0.1, 0.15) is 65.6 Å². The molecular formula is C57H82O26. The summed E-state index contributed by atoms with van der Waals surface area (Å²) in [6, 6.07) is 3.04. The zero-order valence-electron chi connectivity index (χ0n) is 48.7. The van der Waals surface area contributed by atoms with Crippen LogP contribution in [-0.2, 0) is 82.4 Å². The van der Waals surface area contributed by atoms with Crippen molar-refractivity contribution in [3.8, 4) is 17.2 Å². The fourth-order valence-corrected chi connectivity index (χ4v) is 12.4. The minimum absolute atomic E-state index is 0.0251. The van der Waals surface area contributed by atoms with Crippen LogP contribution in [0.3, 0.4) is 0 Å². The number of carbonyl (C=O) groups excluding carboxylic acids is 4. The Morgan fingerprint density at radius 3 is 1.78 bits per heavy atom. The van der Waals surface area contributed by atoms with Crippen LogP contribution in [0.15, 0.2) is 12.1 Å². The number of hydrogen-bond acceptors (Lipinski definition) is 26. The Labute approximate surface area is 480 Å². The van der Waals surface area contributed by atoms with Crippen LogP contribution in [0.4, 0.5) is 0 Å². The maximum absolute atomic E-state index is 15.1. The third-order valence-corrected chi connectivity index (χ3v) is 16.6. The Hall–Kier alpha value is -4.30. The van der Waals surface area contributed by atoms with Gasteiger partial charge in [-0.2, -0.15) is 0 Å². The summed E-state index contributed by atoms with van der Waals surface area (Å²) in [6.07, 6.45) is -25.9. The molecule has 26 heteroatoms. The smallest absolute Gasteiger partial charge is 0.303 e. The standard InChI is InChI=1S/C57H82O26/c1-21-34(79-40-19-37(53(26(6)75-40)77-28(8)59)82-38-16-33(61)52(70-11)25(5)74-38)15-31-13-30-14-32(54(71-12)51(68)46(63)22(2)58)55(50(67)44(30)49(66)43(31)45(21)62)83-41-18-35(47(64)24(4)73-41)80-39-17-36(48(65)23(3)72-39)81-42-20-57(10,69)56(27(7)76-42)78-29(9)60/h13,15,22-27,32-33,35-42,46-48,52-56,58,61-66,69H,14,16-20H2,1-12H3/t22-,23-,24-,25?,26-,27+,32+,33?,35-,36-,37-,38?,39?,40+,41+,42?,46+,47-,48?,52?,53+,54?,55+,56+,57+/m1/s1. The van der Waals surface area contributed by atoms with Gasteiger partial charge in [0.25, 0.3) is 0 Å². The highest BCUT2D eigenvalue weighted by atomic mass is 16.7. The van der Waals surface area contributed by atoms with Crippen molar-refractivity contribution in [2.24, 2.45) is 5.92 Å². The molecule has 5 saturated heterocycles. The van der Waals surface area contributed by atoms with Gasteiger partial charge < -0.3 is 107 Å². The Morgan fingerprint density at radius 2 is 1.22 bits per heavy atom. The van der Waals surface area contributed by atoms with Gasteiger partial charge in [0.05, 0.1) is 65.9 Å². The predicted octanol–water partition coefficient (Wildman–Crippen LogP) is 1.55. The lowest BCUT2D eigenvalue weighted by atomic mass is 9.75. The second-order valence-electron chi connectivity index (χ2n) is 23.1. The summed E-state index contributed by atoms with van der Waals surface area (Å²) in [5.41, 5.74) is -1.51. The van der Waals surface area contributed by atoms with Gasteiger partial charge in [-0.1, -0.05) is 0 Å². The average Bonchev–Trinajstić information content (AvgIpc) is 3.47. The van der Waals surface area contributed by atoms with E-state index >= 15 is 4.79 Å². The molecule has 5 heterocycles. The van der Waals surface area contributed by atoms with Crippen LogP contribution in [0.1, 0.15) is 116 Å². The van der Waals surface area contributed by atoms with E-state index in [1.54, 1.807) is 27.7 Å². The number of ketones is 2. The number of aliphatic hydroxyl groups is 6. The topological polar surface area (TPSA) is 359 Å². The minimum Gasteiger partial charge on any atom is -0.507 e. The first kappa shape index (κ1) is 64.7. The normalized spacial score (nSPS) is 39.7. The molecule has 26 nitrogen and oxygen atoms in total. The van der Waals surface area contributed by atoms with E-state index in [2.05, 4.69) is 0 Å². The second kappa shape index (κ2) is 26.4. The zero-order valence-corrected chi connectivity index (χ0v) is 48.7. The lowest BCUT2D eigenvalue weighted by molar-refractivity contribution is -0.334. The summed E-state index contributed by atoms with van der Waals surface area (Å²) in [5.74, 6) is -5.32. The van der Waals surface area contributed by atoms with Crippen LogP contribution in [-0.4, -0.2) is 225 Å². The molecule has 0 radical (unpaired) electrons. The maximum atomic E-state index is 15.1. The van der Waals surface area contributed by atoms with E-state index in [1.165, 1.54) is 67.9 Å². The molecule has 6 aliphatic rings. The number of carbonyl (C=O) groups is 4. The molecule has 0 aromatic heterocycles. The summed E-state index contributed by atoms with van der Waals surface area (Å²) < 4.78 is 84.2. The highest BCUT2D eigenvalue weighted by molar-refractivity contribution is 6.11. The van der Waals surface area contributed by atoms with Crippen molar-refractivity contribution in [3.63, 3.8) is 0 Å². The Bertz CT molecular complexity index is 2620. The lowest BCUT2D eigenvalue weighted by Crippen LogP contribution is -2.59. The van der Waals surface area contributed by atoms with E-state index in [1.807, 2.05) is 0 Å². The van der Waals surface area contributed by atoms with Crippen LogP contribution in [0, 0.1) is 12.8 Å². The Kier molecular flexibility index (Phi) is 20.5. The number of phenols is 2. The summed E-state index contributed by atoms with van der Waals surface area (Å²) in [7, 11) is 2.64. The molecule has 0 bridgehead atoms. The highest BCUT2D eigenvalue weighted by Crippen LogP contribution is 2.48. The summed E-state index contributed by atoms with van der Waals surface area (Å²) in [4.78, 5) is 53.2. The van der Waals surface area contributed by atoms with Crippen LogP contribution in [0.5, 0.6) is 17.2 Å². The molecule has 466 valence electrons. The number of Topliss-reactive ketones (excluding diaryl/α,β-unsaturated/α-hetero) is 2. The highest BCUT2D eigenvalue weighted by Gasteiger charge is 2.52. The van der Waals surface area contributed by atoms with E-state index in [9.17, 15) is 55.2 Å². The van der Waals surface area contributed by atoms with Crippen molar-refractivity contribution in [1.82, 2.24) is 0 Å². The first-order valence-electron chi connectivity index (χ1n) is 28.2. The molecule has 8 rings (SSSR count). The Balaban J connectivity index is 1.04. The average molecular weight is 1180 g/mol. The molecule has 8 N–H and O–H groups in total. The SMILES string of the molecule is COC1C(O)CC(O[C@@H]2C[C@H](Oc3cc4cc5c(c(O)c4c(O)c3C)C(=O)[C@@H](O[C@H]3C[C@@H](OC4C[C@@H](OC6C[C@](C)(O)[C@@H](OC(C)=O)[C@H](C)O6)C(O)[C@@H](C)O4)[C@H](O)[C@@H](C)O3)[C@H](C(OC)C(=O)[C@@H](O)[C@@H](C)O)C5)O[C@H](C)[C@@H]2OC(C)=O)OC1C. The van der Waals surface area contributed by atoms with Gasteiger partial charge in [0.15, 0.2) is 48.9 Å². The fourth-order valence-electron chi connectivity index (χ4n) is 12.4. The van der Waals surface area contributed by atoms with Gasteiger partial charge in [0, 0.05) is 71.7 Å². The van der Waals surface area contributed by atoms with Crippen LogP contribution < -0.4 is 4.74 Å². The number of hydrogen-bond donors (Lipinski definition) is 8. The lowest BCUT2D eigenvalue weighted by Gasteiger charge is -2.46. The summed E-state index contributed by atoms with van der Waals surface area (Å²) >= 11 is 0. The number of fused-ring (bicyclic) bond motifs is 2. The first-order chi connectivity index (χ1) is 39.0. The third-order valence-electron chi connectivity index (χ3n) is 16.6. The first-order valence-corrected chi connectivity index (χ1v) is 28.2. The molecule has 25 atom stereocenters. The van der Waals surface area contributed by atoms with Crippen molar-refractivity contribution >= 4 is 34.3 Å². The van der Waals surface area contributed by atoms with E-state index in [0.29, 0.717) is 0 Å². The predicted molar refractivity (Wildman–Crippen MR) is 282 cm³/mol. The van der Waals surface area contributed by atoms with E-state index < -0.39 is 188 Å². The van der Waals surface area contributed by atoms with Crippen molar-refractivity contribution in [1.29, 1.82) is 0 Å². The van der Waals surface area contributed by atoms with Crippen molar-refractivity contribution < 1.29 is 126 Å². The van der Waals surface area contributed by atoms with Crippen molar-refractivity contribution in [3.05, 3.63) is 28.8 Å². The number of rotatable bonds is 18. The number of phenolic OH excluding ortho intramolecular Hbond substituents is 2. The number of benzene rings is 2. The largest absolute Gasteiger partial charge is 0.507 e. The molecule has 0 saturated carbocycles.